The van der Waals surface area contributed by atoms with E-state index in [1.807, 2.05) is 0 Å². The van der Waals surface area contributed by atoms with Crippen LogP contribution in [0.25, 0.3) is 0 Å². The van der Waals surface area contributed by atoms with Gasteiger partial charge in [0.2, 0.25) is 0 Å². The number of alkyl halides is 15. The third kappa shape index (κ3) is 10.3. The van der Waals surface area contributed by atoms with Crippen molar-refractivity contribution in [1.82, 2.24) is 0 Å². The Morgan fingerprint density at radius 2 is 0.846 bits per heavy atom. The highest BCUT2D eigenvalue weighted by atomic mass is 32.2. The Morgan fingerprint density at radius 1 is 0.558 bits per heavy atom. The van der Waals surface area contributed by atoms with E-state index in [1.165, 1.54) is 0 Å². The normalized spacial score (nSPS) is 15.2. The molecule has 0 aliphatic heterocycles. The van der Waals surface area contributed by atoms with Gasteiger partial charge in [0.05, 0.1) is 36.5 Å². The molecule has 28 heteroatoms. The molecule has 0 aromatic heterocycles. The van der Waals surface area contributed by atoms with Crippen LogP contribution in [0.1, 0.15) is 57.3 Å². The van der Waals surface area contributed by atoms with Crippen LogP contribution in [0.15, 0.2) is 17.0 Å². The molecule has 1 unspecified atom stereocenters. The lowest BCUT2D eigenvalue weighted by atomic mass is 9.99. The average molecular weight is 818 g/mol. The fraction of sp³-hybridized carbons (Fsp3) is 0.625. The molecular formula is C24H21F15O12S. The third-order valence-corrected chi connectivity index (χ3v) is 7.68. The number of carbonyl (C=O) groups is 3. The van der Waals surface area contributed by atoms with E-state index in [2.05, 4.69) is 14.2 Å². The van der Waals surface area contributed by atoms with Crippen molar-refractivity contribution in [1.29, 1.82) is 0 Å². The lowest BCUT2D eigenvalue weighted by Crippen LogP contribution is -2.57. The molecule has 1 atom stereocenters. The van der Waals surface area contributed by atoms with Crippen molar-refractivity contribution in [2.24, 2.45) is 0 Å². The fourth-order valence-corrected chi connectivity index (χ4v) is 4.36. The van der Waals surface area contributed by atoms with Gasteiger partial charge in [0, 0.05) is 19.3 Å². The van der Waals surface area contributed by atoms with Crippen molar-refractivity contribution in [3.05, 3.63) is 28.8 Å². The second kappa shape index (κ2) is 15.0. The van der Waals surface area contributed by atoms with Crippen LogP contribution < -0.4 is 0 Å². The second-order valence-electron chi connectivity index (χ2n) is 10.5. The molecule has 300 valence electrons. The van der Waals surface area contributed by atoms with Gasteiger partial charge in [-0.25, -0.2) is 14.4 Å². The van der Waals surface area contributed by atoms with Crippen molar-refractivity contribution >= 4 is 28.0 Å². The third-order valence-electron chi connectivity index (χ3n) is 6.72. The average Bonchev–Trinajstić information content (AvgIpc) is 2.92. The molecule has 1 rings (SSSR count). The number of carbonyl (C=O) groups excluding carboxylic acids is 3. The van der Waals surface area contributed by atoms with E-state index in [1.54, 1.807) is 0 Å². The molecule has 52 heavy (non-hydrogen) atoms. The number of hydrogen-bond donors (Lipinski definition) is 4. The molecule has 0 saturated heterocycles. The molecule has 0 bridgehead atoms. The van der Waals surface area contributed by atoms with E-state index < -0.39 is 136 Å². The molecule has 0 spiro atoms. The zero-order valence-electron chi connectivity index (χ0n) is 25.0. The Kier molecular flexibility index (Phi) is 13.4. The first-order valence-corrected chi connectivity index (χ1v) is 14.5. The lowest BCUT2D eigenvalue weighted by Gasteiger charge is -2.32. The smallest absolute Gasteiger partial charge is 0.426 e. The summed E-state index contributed by atoms with van der Waals surface area (Å²) in [4.78, 5) is 35.8. The Balaban J connectivity index is 3.74. The Morgan fingerprint density at radius 3 is 1.12 bits per heavy atom. The summed E-state index contributed by atoms with van der Waals surface area (Å²) in [5.41, 5.74) is -20.1. The molecule has 1 aromatic carbocycles. The highest BCUT2D eigenvalue weighted by Crippen LogP contribution is 2.46. The molecule has 0 saturated carbocycles. The van der Waals surface area contributed by atoms with Crippen LogP contribution >= 0.6 is 0 Å². The largest absolute Gasteiger partial charge is 0.462 e. The number of rotatable bonds is 13. The number of esters is 3. The maximum atomic E-state index is 13.0. The van der Waals surface area contributed by atoms with Crippen LogP contribution in [-0.2, 0) is 24.3 Å². The standard InChI is InChI=1S/C24H21F15O12S/c1-17(43,20(25,26)27)2-5-50-15(41)11-8-10(14(40)49-6-3-18(44,21(28,29)30)22(31,32)33)9-12(13(11)52(46,47)48)16(42)51-7-4-19(45,23(34,35)36)24(37,38)39/h8-9,43-45H,2-7H2,1H3,(H,46,47,48). The topological polar surface area (TPSA) is 194 Å². The van der Waals surface area contributed by atoms with E-state index >= 15 is 0 Å². The highest BCUT2D eigenvalue weighted by Gasteiger charge is 2.71. The molecule has 0 fully saturated rings. The zero-order valence-corrected chi connectivity index (χ0v) is 25.8. The summed E-state index contributed by atoms with van der Waals surface area (Å²) < 4.78 is 240. The molecule has 0 aliphatic rings. The van der Waals surface area contributed by atoms with E-state index in [0.717, 1.165) is 0 Å². The van der Waals surface area contributed by atoms with Crippen molar-refractivity contribution in [3.63, 3.8) is 0 Å². The molecule has 0 aliphatic carbocycles. The first kappa shape index (κ1) is 46.4. The molecule has 4 N–H and O–H groups in total. The summed E-state index contributed by atoms with van der Waals surface area (Å²) in [6, 6.07) is -0.323. The minimum Gasteiger partial charge on any atom is -0.462 e. The summed E-state index contributed by atoms with van der Waals surface area (Å²) in [5, 5.41) is 27.8. The summed E-state index contributed by atoms with van der Waals surface area (Å²) in [6.07, 6.45) is -37.9. The van der Waals surface area contributed by atoms with Crippen molar-refractivity contribution < 1.29 is 123 Å². The van der Waals surface area contributed by atoms with E-state index in [-0.39, 0.29) is 19.1 Å². The second-order valence-corrected chi connectivity index (χ2v) is 11.9. The van der Waals surface area contributed by atoms with Gasteiger partial charge >= 0.3 is 48.8 Å². The van der Waals surface area contributed by atoms with Gasteiger partial charge in [0.15, 0.2) is 5.60 Å². The predicted molar refractivity (Wildman–Crippen MR) is 132 cm³/mol. The van der Waals surface area contributed by atoms with E-state index in [0.29, 0.717) is 0 Å². The van der Waals surface area contributed by atoms with Crippen LogP contribution in [-0.4, -0.2) is 114 Å². The van der Waals surface area contributed by atoms with Crippen LogP contribution in [0.2, 0.25) is 0 Å². The van der Waals surface area contributed by atoms with Gasteiger partial charge in [-0.3, -0.25) is 4.55 Å². The van der Waals surface area contributed by atoms with Gasteiger partial charge in [0.25, 0.3) is 21.3 Å². The Labute approximate surface area is 278 Å². The monoisotopic (exact) mass is 818 g/mol. The number of ether oxygens (including phenoxy) is 3. The fourth-order valence-electron chi connectivity index (χ4n) is 3.52. The van der Waals surface area contributed by atoms with Gasteiger partial charge in [-0.1, -0.05) is 0 Å². The highest BCUT2D eigenvalue weighted by molar-refractivity contribution is 7.86. The zero-order chi connectivity index (χ0) is 41.3. The minimum absolute atomic E-state index is 0.127. The van der Waals surface area contributed by atoms with Gasteiger partial charge in [-0.15, -0.1) is 0 Å². The maximum absolute atomic E-state index is 13.0. The van der Waals surface area contributed by atoms with Crippen molar-refractivity contribution in [2.75, 3.05) is 19.8 Å². The summed E-state index contributed by atoms with van der Waals surface area (Å²) >= 11 is 0. The molecule has 0 radical (unpaired) electrons. The van der Waals surface area contributed by atoms with E-state index in [4.69, 9.17) is 10.2 Å². The van der Waals surface area contributed by atoms with Gasteiger partial charge < -0.3 is 29.5 Å². The lowest BCUT2D eigenvalue weighted by molar-refractivity contribution is -0.371. The van der Waals surface area contributed by atoms with Gasteiger partial charge in [-0.05, 0) is 19.1 Å². The summed E-state index contributed by atoms with van der Waals surface area (Å²) in [6.45, 7) is -5.56. The van der Waals surface area contributed by atoms with E-state index in [9.17, 15) is 98.3 Å². The number of benzene rings is 1. The van der Waals surface area contributed by atoms with Crippen LogP contribution in [0.4, 0.5) is 65.9 Å². The first-order chi connectivity index (χ1) is 22.9. The Bertz CT molecular complexity index is 1560. The Hall–Kier alpha value is -3.63. The first-order valence-electron chi connectivity index (χ1n) is 13.0. The van der Waals surface area contributed by atoms with Gasteiger partial charge in [-0.2, -0.15) is 74.3 Å². The summed E-state index contributed by atoms with van der Waals surface area (Å²) in [7, 11) is -6.12. The van der Waals surface area contributed by atoms with Crippen molar-refractivity contribution in [2.45, 2.75) is 78.8 Å². The number of halogens is 15. The quantitative estimate of drug-likeness (QED) is 0.0938. The number of aliphatic hydroxyl groups is 3. The molecule has 0 amide bonds. The van der Waals surface area contributed by atoms with Crippen LogP contribution in [0.5, 0.6) is 0 Å². The molecule has 12 nitrogen and oxygen atoms in total. The maximum Gasteiger partial charge on any atom is 0.426 e. The molecular weight excluding hydrogens is 797 g/mol. The number of hydrogen-bond acceptors (Lipinski definition) is 11. The van der Waals surface area contributed by atoms with Gasteiger partial charge in [0.1, 0.15) is 4.90 Å². The predicted octanol–water partition coefficient (Wildman–Crippen LogP) is 4.60. The van der Waals surface area contributed by atoms with Crippen LogP contribution in [0, 0.1) is 0 Å². The minimum atomic E-state index is -6.50. The summed E-state index contributed by atoms with van der Waals surface area (Å²) in [5.74, 6) is -6.98. The van der Waals surface area contributed by atoms with Crippen LogP contribution in [0.3, 0.4) is 0 Å². The van der Waals surface area contributed by atoms with Crippen molar-refractivity contribution in [3.8, 4) is 0 Å². The molecule has 0 heterocycles. The SMILES string of the molecule is CC(O)(CCOC(=O)c1cc(C(=O)OCCC(O)(C(F)(F)F)C(F)(F)F)cc(C(=O)OCCC(O)(C(F)(F)F)C(F)(F)F)c1S(=O)(=O)O)C(F)(F)F. The molecule has 1 aromatic rings.